The zero-order chi connectivity index (χ0) is 18.7. The quantitative estimate of drug-likeness (QED) is 0.367. The molecule has 0 aromatic heterocycles. The van der Waals surface area contributed by atoms with E-state index >= 15 is 0 Å². The Morgan fingerprint density at radius 2 is 1.68 bits per heavy atom. The molecule has 1 aromatic rings. The lowest BCUT2D eigenvalue weighted by Crippen LogP contribution is -2.13. The Kier molecular flexibility index (Phi) is 9.22. The molecule has 0 saturated carbocycles. The molecule has 136 valence electrons. The van der Waals surface area contributed by atoms with Crippen LogP contribution in [0.4, 0.5) is 4.39 Å². The van der Waals surface area contributed by atoms with Crippen LogP contribution < -0.4 is 4.74 Å². The van der Waals surface area contributed by atoms with Crippen LogP contribution in [0, 0.1) is 5.82 Å². The number of benzene rings is 1. The molecule has 0 fully saturated rings. The van der Waals surface area contributed by atoms with Gasteiger partial charge in [0.25, 0.3) is 0 Å². The second-order valence-corrected chi connectivity index (χ2v) is 5.96. The van der Waals surface area contributed by atoms with Crippen molar-refractivity contribution in [1.29, 1.82) is 0 Å². The summed E-state index contributed by atoms with van der Waals surface area (Å²) in [6.07, 6.45) is 5.63. The molecule has 0 atom stereocenters. The zero-order valence-corrected chi connectivity index (χ0v) is 15.0. The van der Waals surface area contributed by atoms with E-state index in [9.17, 15) is 14.0 Å². The summed E-state index contributed by atoms with van der Waals surface area (Å²) in [6, 6.07) is 5.61. The maximum Gasteiger partial charge on any atom is 0.311 e. The van der Waals surface area contributed by atoms with Gasteiger partial charge >= 0.3 is 11.9 Å². The molecule has 0 bridgehead atoms. The molecule has 0 aliphatic heterocycles. The van der Waals surface area contributed by atoms with Crippen LogP contribution in [0.1, 0.15) is 46.5 Å². The lowest BCUT2D eigenvalue weighted by Gasteiger charge is -2.05. The second-order valence-electron chi connectivity index (χ2n) is 5.96. The fourth-order valence-electron chi connectivity index (χ4n) is 1.94. The van der Waals surface area contributed by atoms with Crippen molar-refractivity contribution in [1.82, 2.24) is 0 Å². The maximum atomic E-state index is 13.3. The minimum atomic E-state index is -0.671. The number of hydrogen-bond donors (Lipinski definition) is 0. The van der Waals surface area contributed by atoms with Gasteiger partial charge in [-0.2, -0.15) is 0 Å². The normalized spacial score (nSPS) is 11.0. The Bertz CT molecular complexity index is 643. The maximum absolute atomic E-state index is 13.3. The molecule has 0 spiro atoms. The topological polar surface area (TPSA) is 52.6 Å². The van der Waals surface area contributed by atoms with Gasteiger partial charge in [-0.05, 0) is 51.8 Å². The Morgan fingerprint density at radius 1 is 1.00 bits per heavy atom. The number of para-hydroxylation sites is 1. The lowest BCUT2D eigenvalue weighted by atomic mass is 10.1. The van der Waals surface area contributed by atoms with Gasteiger partial charge in [0.1, 0.15) is 6.61 Å². The molecular formula is C20H25FO4. The molecule has 5 heteroatoms. The molecular weight excluding hydrogens is 323 g/mol. The highest BCUT2D eigenvalue weighted by Crippen LogP contribution is 2.16. The van der Waals surface area contributed by atoms with Crippen molar-refractivity contribution in [3.8, 4) is 5.75 Å². The van der Waals surface area contributed by atoms with E-state index in [4.69, 9.17) is 9.47 Å². The van der Waals surface area contributed by atoms with E-state index in [0.29, 0.717) is 0 Å². The molecule has 1 aromatic carbocycles. The van der Waals surface area contributed by atoms with E-state index in [2.05, 4.69) is 19.9 Å². The van der Waals surface area contributed by atoms with E-state index in [1.165, 1.54) is 23.8 Å². The summed E-state index contributed by atoms with van der Waals surface area (Å²) < 4.78 is 23.3. The Morgan fingerprint density at radius 3 is 2.36 bits per heavy atom. The second kappa shape index (κ2) is 11.2. The van der Waals surface area contributed by atoms with Gasteiger partial charge in [-0.25, -0.2) is 4.39 Å². The third-order valence-corrected chi connectivity index (χ3v) is 3.36. The highest BCUT2D eigenvalue weighted by atomic mass is 19.1. The van der Waals surface area contributed by atoms with E-state index in [1.807, 2.05) is 13.0 Å². The smallest absolute Gasteiger partial charge is 0.311 e. The van der Waals surface area contributed by atoms with E-state index in [-0.39, 0.29) is 25.2 Å². The van der Waals surface area contributed by atoms with Gasteiger partial charge in [0.05, 0.1) is 12.8 Å². The molecule has 0 radical (unpaired) electrons. The number of esters is 2. The fourth-order valence-corrected chi connectivity index (χ4v) is 1.94. The molecule has 0 aliphatic carbocycles. The van der Waals surface area contributed by atoms with Crippen molar-refractivity contribution in [2.75, 3.05) is 6.61 Å². The van der Waals surface area contributed by atoms with Gasteiger partial charge in [0, 0.05) is 0 Å². The summed E-state index contributed by atoms with van der Waals surface area (Å²) in [5, 5.41) is 0. The highest BCUT2D eigenvalue weighted by Gasteiger charge is 2.11. The summed E-state index contributed by atoms with van der Waals surface area (Å²) in [4.78, 5) is 23.2. The van der Waals surface area contributed by atoms with Crippen molar-refractivity contribution < 1.29 is 23.5 Å². The SMILES string of the molecule is CC(C)=CCC/C(C)=C/COC(=O)CCC(=O)Oc1ccccc1F. The average molecular weight is 348 g/mol. The predicted molar refractivity (Wildman–Crippen MR) is 94.7 cm³/mol. The minimum Gasteiger partial charge on any atom is -0.461 e. The molecule has 0 N–H and O–H groups in total. The molecule has 25 heavy (non-hydrogen) atoms. The first-order valence-corrected chi connectivity index (χ1v) is 8.28. The molecule has 0 unspecified atom stereocenters. The Balaban J connectivity index is 2.25. The van der Waals surface area contributed by atoms with Crippen LogP contribution in [0.3, 0.4) is 0 Å². The fraction of sp³-hybridized carbons (Fsp3) is 0.400. The summed E-state index contributed by atoms with van der Waals surface area (Å²) in [7, 11) is 0. The number of carbonyl (C=O) groups excluding carboxylic acids is 2. The molecule has 0 saturated heterocycles. The molecule has 0 amide bonds. The number of hydrogen-bond acceptors (Lipinski definition) is 4. The first-order chi connectivity index (χ1) is 11.9. The molecule has 0 aliphatic rings. The summed E-state index contributed by atoms with van der Waals surface area (Å²) >= 11 is 0. The van der Waals surface area contributed by atoms with Gasteiger partial charge in [-0.1, -0.05) is 29.4 Å². The largest absolute Gasteiger partial charge is 0.461 e. The zero-order valence-electron chi connectivity index (χ0n) is 15.0. The molecule has 4 nitrogen and oxygen atoms in total. The number of carbonyl (C=O) groups is 2. The first-order valence-electron chi connectivity index (χ1n) is 8.28. The van der Waals surface area contributed by atoms with Crippen LogP contribution in [0.5, 0.6) is 5.75 Å². The van der Waals surface area contributed by atoms with Crippen molar-refractivity contribution in [2.45, 2.75) is 46.5 Å². The summed E-state index contributed by atoms with van der Waals surface area (Å²) in [5.74, 6) is -1.92. The van der Waals surface area contributed by atoms with Gasteiger partial charge in [-0.3, -0.25) is 9.59 Å². The monoisotopic (exact) mass is 348 g/mol. The highest BCUT2D eigenvalue weighted by molar-refractivity contribution is 5.79. The van der Waals surface area contributed by atoms with Crippen molar-refractivity contribution in [3.05, 3.63) is 53.4 Å². The van der Waals surface area contributed by atoms with E-state index in [0.717, 1.165) is 18.4 Å². The standard InChI is InChI=1S/C20H25FO4/c1-15(2)7-6-8-16(3)13-14-24-19(22)11-12-20(23)25-18-10-5-4-9-17(18)21/h4-5,7,9-10,13H,6,8,11-12,14H2,1-3H3/b16-13+. The Hall–Kier alpha value is -2.43. The number of halogens is 1. The van der Waals surface area contributed by atoms with Crippen LogP contribution in [-0.2, 0) is 14.3 Å². The van der Waals surface area contributed by atoms with Crippen molar-refractivity contribution >= 4 is 11.9 Å². The van der Waals surface area contributed by atoms with Gasteiger partial charge in [0.2, 0.25) is 0 Å². The average Bonchev–Trinajstić information content (AvgIpc) is 2.55. The van der Waals surface area contributed by atoms with Crippen molar-refractivity contribution in [3.63, 3.8) is 0 Å². The Labute approximate surface area is 148 Å². The van der Waals surface area contributed by atoms with Gasteiger partial charge in [0.15, 0.2) is 11.6 Å². The van der Waals surface area contributed by atoms with Crippen LogP contribution in [0.25, 0.3) is 0 Å². The lowest BCUT2D eigenvalue weighted by molar-refractivity contribution is -0.146. The number of allylic oxidation sites excluding steroid dienone is 3. The van der Waals surface area contributed by atoms with Crippen LogP contribution in [0.2, 0.25) is 0 Å². The number of rotatable bonds is 9. The van der Waals surface area contributed by atoms with Crippen LogP contribution in [0.15, 0.2) is 47.6 Å². The first kappa shape index (κ1) is 20.6. The summed E-state index contributed by atoms with van der Waals surface area (Å²) in [5.41, 5.74) is 2.42. The third kappa shape index (κ3) is 9.45. The molecule has 1 rings (SSSR count). The van der Waals surface area contributed by atoms with E-state index < -0.39 is 17.8 Å². The minimum absolute atomic E-state index is 0.0993. The number of ether oxygens (including phenoxy) is 2. The van der Waals surface area contributed by atoms with Crippen LogP contribution >= 0.6 is 0 Å². The van der Waals surface area contributed by atoms with Gasteiger partial charge in [-0.15, -0.1) is 0 Å². The van der Waals surface area contributed by atoms with Gasteiger partial charge < -0.3 is 9.47 Å². The molecule has 0 heterocycles. The van der Waals surface area contributed by atoms with Crippen molar-refractivity contribution in [2.24, 2.45) is 0 Å². The summed E-state index contributed by atoms with van der Waals surface area (Å²) in [6.45, 7) is 6.27. The third-order valence-electron chi connectivity index (χ3n) is 3.36. The van der Waals surface area contributed by atoms with Crippen LogP contribution in [-0.4, -0.2) is 18.5 Å². The predicted octanol–water partition coefficient (Wildman–Crippen LogP) is 4.75. The van der Waals surface area contributed by atoms with E-state index in [1.54, 1.807) is 6.07 Å².